The Balaban J connectivity index is 0.000000187. The van der Waals surface area contributed by atoms with E-state index in [-0.39, 0.29) is 103 Å². The van der Waals surface area contributed by atoms with Crippen LogP contribution in [0.15, 0.2) is 12.7 Å². The summed E-state index contributed by atoms with van der Waals surface area (Å²) in [6.07, 6.45) is 0.521. The van der Waals surface area contributed by atoms with E-state index < -0.39 is 40.3 Å². The summed E-state index contributed by atoms with van der Waals surface area (Å²) in [4.78, 5) is 25.4. The van der Waals surface area contributed by atoms with Gasteiger partial charge in [0.1, 0.15) is 11.0 Å². The quantitative estimate of drug-likeness (QED) is 0.221. The Morgan fingerprint density at radius 3 is 1.48 bits per heavy atom. The third kappa shape index (κ3) is 7.28. The molecule has 266 valence electrons. The number of nitrogens with zero attached hydrogens (tertiary/aromatic N) is 8. The van der Waals surface area contributed by atoms with E-state index in [1.807, 2.05) is 27.7 Å². The molecule has 0 aromatic carbocycles. The molecule has 0 aliphatic carbocycles. The number of phosphoric acid groups is 2. The number of aromatic nitrogens is 8. The van der Waals surface area contributed by atoms with E-state index in [2.05, 4.69) is 29.9 Å². The first kappa shape index (κ1) is 40.2. The van der Waals surface area contributed by atoms with Crippen molar-refractivity contribution in [3.63, 3.8) is 0 Å². The maximum absolute atomic E-state index is 12.2. The Bertz CT molecular complexity index is 1830. The summed E-state index contributed by atoms with van der Waals surface area (Å²) in [6.45, 7) is 7.59. The van der Waals surface area contributed by atoms with Crippen LogP contribution in [0.1, 0.15) is 37.7 Å². The fourth-order valence-corrected chi connectivity index (χ4v) is 8.37. The molecular weight excluding hydrogens is 852 g/mol. The van der Waals surface area contributed by atoms with E-state index in [9.17, 15) is 9.13 Å². The van der Waals surface area contributed by atoms with Crippen LogP contribution in [0.5, 0.6) is 0 Å². The van der Waals surface area contributed by atoms with Gasteiger partial charge in [0.25, 0.3) is 0 Å². The molecule has 2 radical (unpaired) electrons. The number of nitrogens with two attached hydrogens (primary N) is 2. The van der Waals surface area contributed by atoms with Gasteiger partial charge in [0.05, 0.1) is 49.5 Å². The number of rotatable bonds is 4. The second kappa shape index (κ2) is 15.4. The number of fused-ring (bicyclic) bond motifs is 4. The van der Waals surface area contributed by atoms with Crippen LogP contribution in [0, 0.1) is 25.7 Å². The van der Waals surface area contributed by atoms with Gasteiger partial charge >= 0.3 is 15.6 Å². The first-order valence-corrected chi connectivity index (χ1v) is 17.6. The van der Waals surface area contributed by atoms with Crippen molar-refractivity contribution in [1.29, 1.82) is 0 Å². The van der Waals surface area contributed by atoms with Crippen molar-refractivity contribution in [3.8, 4) is 0 Å². The fraction of sp³-hybridized carbons (Fsp3) is 0.538. The number of hydrogen-bond donors (Lipinski definition) is 2. The second-order valence-electron chi connectivity index (χ2n) is 11.4. The fourth-order valence-electron chi connectivity index (χ4n) is 6.04. The molecule has 4 N–H and O–H groups in total. The summed E-state index contributed by atoms with van der Waals surface area (Å²) in [7, 11) is -4.51. The van der Waals surface area contributed by atoms with Gasteiger partial charge in [0.15, 0.2) is 11.3 Å². The van der Waals surface area contributed by atoms with Crippen molar-refractivity contribution in [1.82, 2.24) is 39.0 Å². The van der Waals surface area contributed by atoms with E-state index >= 15 is 0 Å². The molecule has 0 unspecified atom stereocenters. The first-order chi connectivity index (χ1) is 22.8. The number of nitrogen functional groups attached to an aromatic ring is 2. The monoisotopic (exact) mass is 886 g/mol. The van der Waals surface area contributed by atoms with Crippen LogP contribution < -0.4 is 11.5 Å². The number of ether oxygens (including phenoxy) is 2. The van der Waals surface area contributed by atoms with Gasteiger partial charge in [-0.05, 0) is 26.1 Å². The number of phosphoric ester groups is 2. The molecule has 0 spiro atoms. The maximum Gasteiger partial charge on any atom is 0.472 e. The second-order valence-corrected chi connectivity index (χ2v) is 14.9. The van der Waals surface area contributed by atoms with Crippen LogP contribution in [0.25, 0.3) is 22.3 Å². The van der Waals surface area contributed by atoms with Gasteiger partial charge in [-0.15, -0.1) is 0 Å². The molecule has 4 aromatic heterocycles. The molecule has 4 aliphatic rings. The summed E-state index contributed by atoms with van der Waals surface area (Å²) in [6, 6.07) is 0. The standard InChI is InChI=1S/2C13H17N5O5P.2Y/c2*1-6-10-8(4-21-24(19,20-3)23-10)22-12(6)18-5-15-9-7(2)16-13(14)17-11(9)18;;/h2*5,8,10,12H,4H2,1-3H3,(H2,14,16,17);;/q2*-1;;/t8-,10+,12-,24+;8-,10+,12-,24-;;/m11../s1. The molecule has 4 fully saturated rings. The minimum absolute atomic E-state index is 0. The Hall–Kier alpha value is -0.952. The molecule has 4 aliphatic heterocycles. The molecule has 0 saturated carbocycles. The first-order valence-electron chi connectivity index (χ1n) is 14.7. The molecular formula is C26H34N10O10P2Y2-2. The van der Waals surface area contributed by atoms with Gasteiger partial charge in [0.2, 0.25) is 11.9 Å². The largest absolute Gasteiger partial charge is 0.472 e. The third-order valence-electron chi connectivity index (χ3n) is 8.42. The van der Waals surface area contributed by atoms with Gasteiger partial charge in [-0.25, -0.2) is 40.9 Å². The normalized spacial score (nSPS) is 32.5. The molecule has 8 atom stereocenters. The van der Waals surface area contributed by atoms with Gasteiger partial charge in [0, 0.05) is 92.1 Å². The Kier molecular flexibility index (Phi) is 12.4. The van der Waals surface area contributed by atoms with Gasteiger partial charge in [-0.1, -0.05) is 0 Å². The molecule has 4 aromatic rings. The molecule has 8 heterocycles. The number of aryl methyl sites for hydroxylation is 2. The van der Waals surface area contributed by atoms with E-state index in [1.54, 1.807) is 21.8 Å². The zero-order chi connectivity index (χ0) is 34.1. The SMILES string of the molecule is CO[P@@]1(=O)OC[C@H]2O[C@@H](n3cnc4c(C)nc(N)nc43)[C-](C)[C@@H]2O1.CO[P@]1(=O)OC[C@H]2O[C@@H](n3cnc4c(C)nc(N)nc43)[C-](C)[C@@H]2O1.[Y].[Y]. The van der Waals surface area contributed by atoms with Crippen molar-refractivity contribution < 1.29 is 111 Å². The average Bonchev–Trinajstić information content (AvgIpc) is 3.82. The Morgan fingerprint density at radius 2 is 1.12 bits per heavy atom. The topological polar surface area (TPSA) is 247 Å². The molecule has 0 amide bonds. The van der Waals surface area contributed by atoms with E-state index in [1.165, 1.54) is 14.2 Å². The van der Waals surface area contributed by atoms with Crippen LogP contribution in [-0.2, 0) is 111 Å². The predicted octanol–water partition coefficient (Wildman–Crippen LogP) is 2.75. The summed E-state index contributed by atoms with van der Waals surface area (Å²) in [5.41, 5.74) is 15.3. The number of anilines is 2. The zero-order valence-electron chi connectivity index (χ0n) is 27.9. The molecule has 0 bridgehead atoms. The Morgan fingerprint density at radius 1 is 0.740 bits per heavy atom. The predicted molar refractivity (Wildman–Crippen MR) is 165 cm³/mol. The molecule has 8 rings (SSSR count). The van der Waals surface area contributed by atoms with Crippen LogP contribution in [-0.4, -0.2) is 90.9 Å². The van der Waals surface area contributed by atoms with Crippen LogP contribution in [0.2, 0.25) is 0 Å². The van der Waals surface area contributed by atoms with Crippen molar-refractivity contribution in [2.75, 3.05) is 38.9 Å². The van der Waals surface area contributed by atoms with Gasteiger partial charge < -0.3 is 39.1 Å². The number of hydrogen-bond acceptors (Lipinski definition) is 18. The molecule has 4 saturated heterocycles. The average molecular weight is 886 g/mol. The van der Waals surface area contributed by atoms with Gasteiger partial charge in [-0.2, -0.15) is 23.8 Å². The zero-order valence-corrected chi connectivity index (χ0v) is 35.4. The van der Waals surface area contributed by atoms with E-state index in [0.717, 1.165) is 11.8 Å². The van der Waals surface area contributed by atoms with Crippen molar-refractivity contribution >= 4 is 49.9 Å². The molecule has 50 heavy (non-hydrogen) atoms. The van der Waals surface area contributed by atoms with E-state index in [0.29, 0.717) is 33.7 Å². The summed E-state index contributed by atoms with van der Waals surface area (Å²) < 4.78 is 71.0. The maximum atomic E-state index is 12.2. The summed E-state index contributed by atoms with van der Waals surface area (Å²) in [5.74, 6) is 1.99. The van der Waals surface area contributed by atoms with Crippen LogP contribution in [0.3, 0.4) is 0 Å². The van der Waals surface area contributed by atoms with Crippen molar-refractivity contribution in [2.45, 2.75) is 64.6 Å². The Labute approximate surface area is 336 Å². The van der Waals surface area contributed by atoms with Crippen molar-refractivity contribution in [3.05, 3.63) is 35.9 Å². The summed E-state index contributed by atoms with van der Waals surface area (Å²) >= 11 is 0. The van der Waals surface area contributed by atoms with Gasteiger partial charge in [-0.3, -0.25) is 18.1 Å². The minimum Gasteiger partial charge on any atom is -0.384 e. The third-order valence-corrected chi connectivity index (χ3v) is 11.2. The molecule has 20 nitrogen and oxygen atoms in total. The van der Waals surface area contributed by atoms with Crippen LogP contribution >= 0.6 is 15.6 Å². The summed E-state index contributed by atoms with van der Waals surface area (Å²) in [5, 5.41) is 0. The van der Waals surface area contributed by atoms with E-state index in [4.69, 9.17) is 48.1 Å². The van der Waals surface area contributed by atoms with Crippen molar-refractivity contribution in [2.24, 2.45) is 0 Å². The number of imidazole rings is 2. The minimum atomic E-state index is -3.54. The smallest absolute Gasteiger partial charge is 0.384 e. The molecule has 24 heteroatoms. The van der Waals surface area contributed by atoms with Crippen LogP contribution in [0.4, 0.5) is 11.9 Å².